The van der Waals surface area contributed by atoms with Gasteiger partial charge in [0.25, 0.3) is 5.91 Å². The first kappa shape index (κ1) is 26.9. The summed E-state index contributed by atoms with van der Waals surface area (Å²) in [5, 5.41) is 0. The summed E-state index contributed by atoms with van der Waals surface area (Å²) < 4.78 is 17.1. The van der Waals surface area contributed by atoms with Gasteiger partial charge in [0, 0.05) is 37.0 Å². The van der Waals surface area contributed by atoms with E-state index >= 15 is 0 Å². The molecule has 39 heavy (non-hydrogen) atoms. The van der Waals surface area contributed by atoms with E-state index in [9.17, 15) is 9.59 Å². The monoisotopic (exact) mass is 533 g/mol. The van der Waals surface area contributed by atoms with Gasteiger partial charge in [0.05, 0.1) is 26.3 Å². The van der Waals surface area contributed by atoms with Gasteiger partial charge < -0.3 is 24.0 Å². The number of carbonyl (C=O) groups is 2. The van der Waals surface area contributed by atoms with Gasteiger partial charge >= 0.3 is 6.03 Å². The summed E-state index contributed by atoms with van der Waals surface area (Å²) in [6.07, 6.45) is 11.0. The summed E-state index contributed by atoms with van der Waals surface area (Å²) in [4.78, 5) is 32.8. The summed E-state index contributed by atoms with van der Waals surface area (Å²) in [5.74, 6) is 2.20. The van der Waals surface area contributed by atoms with Crippen molar-refractivity contribution in [2.45, 2.75) is 64.5 Å². The average Bonchev–Trinajstić information content (AvgIpc) is 3.07. The highest BCUT2D eigenvalue weighted by Crippen LogP contribution is 2.47. The fraction of sp³-hybridized carbons (Fsp3) is 0.484. The first-order valence-electron chi connectivity index (χ1n) is 13.9. The van der Waals surface area contributed by atoms with Crippen molar-refractivity contribution in [1.29, 1.82) is 0 Å². The van der Waals surface area contributed by atoms with Gasteiger partial charge in [-0.2, -0.15) is 0 Å². The van der Waals surface area contributed by atoms with Gasteiger partial charge in [-0.25, -0.2) is 4.79 Å². The number of amides is 3. The predicted octanol–water partition coefficient (Wildman–Crippen LogP) is 5.31. The molecule has 2 fully saturated rings. The van der Waals surface area contributed by atoms with Crippen LogP contribution in [0.25, 0.3) is 0 Å². The van der Waals surface area contributed by atoms with Crippen molar-refractivity contribution in [2.24, 2.45) is 0 Å². The molecule has 0 radical (unpaired) electrons. The van der Waals surface area contributed by atoms with E-state index in [1.54, 1.807) is 14.2 Å². The fourth-order valence-electron chi connectivity index (χ4n) is 6.53. The Balaban J connectivity index is 1.36. The Kier molecular flexibility index (Phi) is 7.47. The molecule has 0 bridgehead atoms. The third-order valence-electron chi connectivity index (χ3n) is 8.63. The van der Waals surface area contributed by atoms with Gasteiger partial charge in [0.2, 0.25) is 0 Å². The van der Waals surface area contributed by atoms with Crippen LogP contribution in [-0.2, 0) is 22.5 Å². The van der Waals surface area contributed by atoms with E-state index in [0.29, 0.717) is 51.2 Å². The molecule has 3 heterocycles. The predicted molar refractivity (Wildman–Crippen MR) is 149 cm³/mol. The molecule has 2 saturated heterocycles. The van der Waals surface area contributed by atoms with Crippen LogP contribution in [0.3, 0.4) is 0 Å². The number of hydrogen-bond acceptors (Lipinski definition) is 5. The van der Waals surface area contributed by atoms with E-state index in [2.05, 4.69) is 25.7 Å². The number of allylic oxidation sites excluding steroid dienone is 4. The topological polar surface area (TPSA) is 71.5 Å². The molecule has 5 rings (SSSR count). The molecule has 1 aromatic carbocycles. The number of carbonyl (C=O) groups excluding carboxylic acids is 2. The second-order valence-corrected chi connectivity index (χ2v) is 10.5. The number of likely N-dealkylation sites (N-methyl/N-ethyl adjacent to an activating group) is 1. The van der Waals surface area contributed by atoms with Crippen molar-refractivity contribution in [2.75, 3.05) is 33.9 Å². The number of urea groups is 1. The molecule has 0 saturated carbocycles. The standard InChI is InChI=1S/C31H39N3O5/c1-6-22-10-8-9-11-26(22)39-21(3)29(35)32-16-14-31(15-17-32)28-13-12-25-23(18-24(37-4)19-27(25)38-5)20-33(28)30(36)34(31)7-2/h9,11,13,18-19H,3,6-8,10,12,14-17,20H2,1-2,4-5H3. The van der Waals surface area contributed by atoms with Gasteiger partial charge in [-0.15, -0.1) is 0 Å². The van der Waals surface area contributed by atoms with Crippen molar-refractivity contribution in [3.05, 3.63) is 70.9 Å². The Hall–Kier alpha value is -3.68. The molecular formula is C31H39N3O5. The quantitative estimate of drug-likeness (QED) is 0.351. The van der Waals surface area contributed by atoms with Gasteiger partial charge in [-0.1, -0.05) is 25.7 Å². The van der Waals surface area contributed by atoms with Crippen LogP contribution in [-0.4, -0.2) is 66.0 Å². The van der Waals surface area contributed by atoms with Crippen LogP contribution in [0.2, 0.25) is 0 Å². The maximum Gasteiger partial charge on any atom is 0.325 e. The summed E-state index contributed by atoms with van der Waals surface area (Å²) >= 11 is 0. The summed E-state index contributed by atoms with van der Waals surface area (Å²) in [6.45, 7) is 10.2. The number of ether oxygens (including phenoxy) is 3. The van der Waals surface area contributed by atoms with Gasteiger partial charge in [-0.05, 0) is 68.7 Å². The van der Waals surface area contributed by atoms with E-state index in [1.165, 1.54) is 5.57 Å². The molecule has 0 atom stereocenters. The Bertz CT molecular complexity index is 1270. The molecular weight excluding hydrogens is 494 g/mol. The highest BCUT2D eigenvalue weighted by molar-refractivity contribution is 5.91. The average molecular weight is 534 g/mol. The van der Waals surface area contributed by atoms with Crippen LogP contribution in [0.4, 0.5) is 4.79 Å². The fourth-order valence-corrected chi connectivity index (χ4v) is 6.53. The van der Waals surface area contributed by atoms with E-state index in [4.69, 9.17) is 14.2 Å². The lowest BCUT2D eigenvalue weighted by Crippen LogP contribution is -2.54. The zero-order valence-corrected chi connectivity index (χ0v) is 23.5. The Labute approximate surface area is 231 Å². The number of fused-ring (bicyclic) bond motifs is 3. The molecule has 0 aromatic heterocycles. The largest absolute Gasteiger partial charge is 0.497 e. The number of piperidine rings is 1. The molecule has 4 aliphatic rings. The van der Waals surface area contributed by atoms with Crippen LogP contribution < -0.4 is 9.47 Å². The molecule has 8 heteroatoms. The van der Waals surface area contributed by atoms with Crippen LogP contribution in [0.1, 0.15) is 57.1 Å². The van der Waals surface area contributed by atoms with E-state index in [1.807, 2.05) is 39.8 Å². The maximum absolute atomic E-state index is 13.7. The Morgan fingerprint density at radius 2 is 1.90 bits per heavy atom. The Morgan fingerprint density at radius 3 is 2.56 bits per heavy atom. The van der Waals surface area contributed by atoms with Crippen molar-refractivity contribution in [3.63, 3.8) is 0 Å². The molecule has 208 valence electrons. The molecule has 8 nitrogen and oxygen atoms in total. The van der Waals surface area contributed by atoms with Crippen molar-refractivity contribution >= 4 is 11.9 Å². The van der Waals surface area contributed by atoms with Gasteiger partial charge in [-0.3, -0.25) is 9.69 Å². The number of rotatable bonds is 7. The summed E-state index contributed by atoms with van der Waals surface area (Å²) in [5.41, 5.74) is 3.89. The SMILES string of the molecule is C=C(OC1=C(CC)CCC=C1)C(=O)N1CCC2(CC1)C1=CCc3c(cc(OC)cc3OC)CN1C(=O)N2CC. The number of likely N-dealkylation sites (tertiary alicyclic amines) is 1. The molecule has 1 aromatic rings. The van der Waals surface area contributed by atoms with Gasteiger partial charge in [0.15, 0.2) is 5.76 Å². The van der Waals surface area contributed by atoms with Crippen molar-refractivity contribution in [1.82, 2.24) is 14.7 Å². The third-order valence-corrected chi connectivity index (χ3v) is 8.63. The summed E-state index contributed by atoms with van der Waals surface area (Å²) in [6, 6.07) is 3.90. The van der Waals surface area contributed by atoms with Crippen LogP contribution in [0, 0.1) is 0 Å². The molecule has 0 N–H and O–H groups in total. The van der Waals surface area contributed by atoms with Crippen molar-refractivity contribution in [3.8, 4) is 11.5 Å². The Morgan fingerprint density at radius 1 is 1.13 bits per heavy atom. The smallest absolute Gasteiger partial charge is 0.325 e. The second kappa shape index (κ2) is 10.8. The first-order valence-corrected chi connectivity index (χ1v) is 13.9. The van der Waals surface area contributed by atoms with Crippen LogP contribution in [0.15, 0.2) is 59.7 Å². The summed E-state index contributed by atoms with van der Waals surface area (Å²) in [7, 11) is 3.30. The molecule has 1 spiro atoms. The molecule has 3 amide bonds. The number of hydrogen-bond donors (Lipinski definition) is 0. The minimum Gasteiger partial charge on any atom is -0.497 e. The highest BCUT2D eigenvalue weighted by Gasteiger charge is 2.54. The number of benzene rings is 1. The number of nitrogens with zero attached hydrogens (tertiary/aromatic N) is 3. The van der Waals surface area contributed by atoms with Crippen LogP contribution in [0.5, 0.6) is 11.5 Å². The zero-order chi connectivity index (χ0) is 27.7. The lowest BCUT2D eigenvalue weighted by atomic mass is 9.83. The number of methoxy groups -OCH3 is 2. The van der Waals surface area contributed by atoms with Gasteiger partial charge in [0.1, 0.15) is 17.3 Å². The van der Waals surface area contributed by atoms with E-state index in [0.717, 1.165) is 47.6 Å². The van der Waals surface area contributed by atoms with Crippen molar-refractivity contribution < 1.29 is 23.8 Å². The third kappa shape index (κ3) is 4.60. The van der Waals surface area contributed by atoms with E-state index in [-0.39, 0.29) is 17.7 Å². The minimum absolute atomic E-state index is 0.00836. The minimum atomic E-state index is -0.450. The highest BCUT2D eigenvalue weighted by atomic mass is 16.5. The lowest BCUT2D eigenvalue weighted by Gasteiger charge is -2.44. The molecule has 3 aliphatic heterocycles. The maximum atomic E-state index is 13.7. The first-order chi connectivity index (χ1) is 18.9. The molecule has 1 aliphatic carbocycles. The zero-order valence-electron chi connectivity index (χ0n) is 23.5. The molecule has 0 unspecified atom stereocenters. The normalized spacial score (nSPS) is 19.9. The second-order valence-electron chi connectivity index (χ2n) is 10.5. The van der Waals surface area contributed by atoms with Crippen LogP contribution >= 0.6 is 0 Å². The lowest BCUT2D eigenvalue weighted by molar-refractivity contribution is -0.132. The van der Waals surface area contributed by atoms with E-state index < -0.39 is 5.54 Å².